The fourth-order valence-corrected chi connectivity index (χ4v) is 3.89. The van der Waals surface area contributed by atoms with Crippen LogP contribution in [0.5, 0.6) is 0 Å². The van der Waals surface area contributed by atoms with Gasteiger partial charge in [-0.15, -0.1) is 0 Å². The number of hydrogen-bond acceptors (Lipinski definition) is 5. The lowest BCUT2D eigenvalue weighted by Crippen LogP contribution is -2.59. The Bertz CT molecular complexity index is 435. The predicted octanol–water partition coefficient (Wildman–Crippen LogP) is 0.570. The van der Waals surface area contributed by atoms with Gasteiger partial charge in [0.2, 0.25) is 0 Å². The first-order chi connectivity index (χ1) is 9.76. The molecule has 2 fully saturated rings. The summed E-state index contributed by atoms with van der Waals surface area (Å²) in [5.41, 5.74) is 4.19. The van der Waals surface area contributed by atoms with Crippen LogP contribution in [0.3, 0.4) is 0 Å². The second-order valence-electron chi connectivity index (χ2n) is 5.92. The molecule has 3 rings (SSSR count). The Kier molecular flexibility index (Phi) is 4.07. The number of morpholine rings is 1. The van der Waals surface area contributed by atoms with Crippen LogP contribution in [0.2, 0.25) is 0 Å². The van der Waals surface area contributed by atoms with Crippen LogP contribution in [-0.2, 0) is 11.8 Å². The van der Waals surface area contributed by atoms with E-state index in [1.807, 2.05) is 17.9 Å². The van der Waals surface area contributed by atoms with Gasteiger partial charge in [0.1, 0.15) is 0 Å². The van der Waals surface area contributed by atoms with Gasteiger partial charge in [-0.05, 0) is 18.9 Å². The molecule has 1 aliphatic heterocycles. The zero-order valence-electron chi connectivity index (χ0n) is 12.2. The van der Waals surface area contributed by atoms with Gasteiger partial charge in [0.05, 0.1) is 24.9 Å². The number of nitrogens with two attached hydrogens (primary N) is 1. The molecule has 0 amide bonds. The summed E-state index contributed by atoms with van der Waals surface area (Å²) in [5.74, 6) is 5.93. The van der Waals surface area contributed by atoms with Crippen molar-refractivity contribution in [2.24, 2.45) is 12.9 Å². The fourth-order valence-electron chi connectivity index (χ4n) is 3.89. The van der Waals surface area contributed by atoms with E-state index in [-0.39, 0.29) is 11.6 Å². The number of aryl methyl sites for hydroxylation is 1. The quantitative estimate of drug-likeness (QED) is 0.623. The molecule has 0 bridgehead atoms. The van der Waals surface area contributed by atoms with Gasteiger partial charge in [-0.2, -0.15) is 5.10 Å². The first kappa shape index (κ1) is 14.0. The average Bonchev–Trinajstić information content (AvgIpc) is 3.12. The summed E-state index contributed by atoms with van der Waals surface area (Å²) in [4.78, 5) is 2.57. The first-order valence-electron chi connectivity index (χ1n) is 7.55. The zero-order valence-corrected chi connectivity index (χ0v) is 12.2. The molecule has 20 heavy (non-hydrogen) atoms. The molecule has 2 aliphatic rings. The highest BCUT2D eigenvalue weighted by Crippen LogP contribution is 2.44. The minimum absolute atomic E-state index is 0.0873. The Morgan fingerprint density at radius 3 is 2.60 bits per heavy atom. The molecule has 1 saturated carbocycles. The second-order valence-corrected chi connectivity index (χ2v) is 5.92. The highest BCUT2D eigenvalue weighted by Gasteiger charge is 2.47. The van der Waals surface area contributed by atoms with Crippen molar-refractivity contribution in [3.05, 3.63) is 18.0 Å². The van der Waals surface area contributed by atoms with Crippen molar-refractivity contribution in [3.63, 3.8) is 0 Å². The van der Waals surface area contributed by atoms with Crippen LogP contribution in [-0.4, -0.2) is 46.5 Å². The topological polar surface area (TPSA) is 68.3 Å². The third-order valence-electron chi connectivity index (χ3n) is 4.84. The summed E-state index contributed by atoms with van der Waals surface area (Å²) in [6.07, 6.45) is 6.88. The molecule has 1 aromatic heterocycles. The number of nitrogens with zero attached hydrogens (tertiary/aromatic N) is 3. The number of hydrogen-bond donors (Lipinski definition) is 2. The summed E-state index contributed by atoms with van der Waals surface area (Å²) < 4.78 is 7.36. The molecular weight excluding hydrogens is 254 g/mol. The Morgan fingerprint density at radius 2 is 2.05 bits per heavy atom. The van der Waals surface area contributed by atoms with E-state index < -0.39 is 0 Å². The van der Waals surface area contributed by atoms with Crippen LogP contribution in [0.25, 0.3) is 0 Å². The highest BCUT2D eigenvalue weighted by atomic mass is 16.5. The van der Waals surface area contributed by atoms with Gasteiger partial charge in [-0.1, -0.05) is 12.8 Å². The largest absolute Gasteiger partial charge is 0.379 e. The number of aromatic nitrogens is 2. The van der Waals surface area contributed by atoms with Crippen LogP contribution < -0.4 is 11.3 Å². The molecule has 1 aromatic rings. The summed E-state index contributed by atoms with van der Waals surface area (Å²) in [7, 11) is 1.95. The van der Waals surface area contributed by atoms with Gasteiger partial charge in [0.25, 0.3) is 0 Å². The maximum Gasteiger partial charge on any atom is 0.0834 e. The minimum Gasteiger partial charge on any atom is -0.379 e. The van der Waals surface area contributed by atoms with Crippen molar-refractivity contribution in [2.45, 2.75) is 37.3 Å². The monoisotopic (exact) mass is 279 g/mol. The Hall–Kier alpha value is -0.950. The molecule has 2 heterocycles. The maximum atomic E-state index is 5.93. The molecular formula is C14H25N5O. The van der Waals surface area contributed by atoms with Crippen LogP contribution in [0.15, 0.2) is 12.3 Å². The third kappa shape index (κ3) is 2.37. The van der Waals surface area contributed by atoms with E-state index in [4.69, 9.17) is 10.6 Å². The lowest BCUT2D eigenvalue weighted by atomic mass is 9.84. The summed E-state index contributed by atoms with van der Waals surface area (Å²) in [6, 6.07) is 2.16. The van der Waals surface area contributed by atoms with E-state index in [9.17, 15) is 0 Å². The molecule has 6 heteroatoms. The van der Waals surface area contributed by atoms with Crippen molar-refractivity contribution in [1.29, 1.82) is 0 Å². The van der Waals surface area contributed by atoms with Crippen LogP contribution in [0.4, 0.5) is 0 Å². The van der Waals surface area contributed by atoms with E-state index in [0.717, 1.165) is 32.0 Å². The Balaban J connectivity index is 1.91. The molecule has 112 valence electrons. The van der Waals surface area contributed by atoms with Gasteiger partial charge in [0.15, 0.2) is 0 Å². The van der Waals surface area contributed by atoms with E-state index >= 15 is 0 Å². The number of hydrazine groups is 1. The smallest absolute Gasteiger partial charge is 0.0834 e. The average molecular weight is 279 g/mol. The summed E-state index contributed by atoms with van der Waals surface area (Å²) in [6.45, 7) is 3.62. The van der Waals surface area contributed by atoms with Crippen molar-refractivity contribution >= 4 is 0 Å². The van der Waals surface area contributed by atoms with Gasteiger partial charge in [-0.25, -0.2) is 5.43 Å². The predicted molar refractivity (Wildman–Crippen MR) is 76.9 cm³/mol. The lowest BCUT2D eigenvalue weighted by Gasteiger charge is -2.47. The number of ether oxygens (including phenoxy) is 1. The third-order valence-corrected chi connectivity index (χ3v) is 4.84. The Morgan fingerprint density at radius 1 is 1.35 bits per heavy atom. The molecule has 1 aliphatic carbocycles. The highest BCUT2D eigenvalue weighted by molar-refractivity contribution is 5.16. The molecule has 0 radical (unpaired) electrons. The summed E-state index contributed by atoms with van der Waals surface area (Å²) in [5, 5.41) is 4.58. The number of rotatable bonds is 4. The molecule has 1 unspecified atom stereocenters. The molecule has 0 aromatic carbocycles. The van der Waals surface area contributed by atoms with Crippen molar-refractivity contribution < 1.29 is 4.74 Å². The normalized spacial score (nSPS) is 24.9. The van der Waals surface area contributed by atoms with Crippen LogP contribution >= 0.6 is 0 Å². The molecule has 6 nitrogen and oxygen atoms in total. The van der Waals surface area contributed by atoms with Gasteiger partial charge < -0.3 is 4.74 Å². The van der Waals surface area contributed by atoms with Crippen molar-refractivity contribution in [3.8, 4) is 0 Å². The van der Waals surface area contributed by atoms with E-state index in [1.165, 1.54) is 25.7 Å². The van der Waals surface area contributed by atoms with E-state index in [0.29, 0.717) is 0 Å². The molecule has 1 saturated heterocycles. The minimum atomic E-state index is 0.0873. The fraction of sp³-hybridized carbons (Fsp3) is 0.786. The van der Waals surface area contributed by atoms with Gasteiger partial charge >= 0.3 is 0 Å². The van der Waals surface area contributed by atoms with Crippen molar-refractivity contribution in [2.75, 3.05) is 26.3 Å². The van der Waals surface area contributed by atoms with Gasteiger partial charge in [-0.3, -0.25) is 15.4 Å². The first-order valence-corrected chi connectivity index (χ1v) is 7.55. The SMILES string of the molecule is Cn1ccc(C(NN)C2(N3CCOCC3)CCCC2)n1. The summed E-state index contributed by atoms with van der Waals surface area (Å²) >= 11 is 0. The van der Waals surface area contributed by atoms with Crippen molar-refractivity contribution in [1.82, 2.24) is 20.1 Å². The lowest BCUT2D eigenvalue weighted by molar-refractivity contribution is -0.0370. The standard InChI is InChI=1S/C14H25N5O/c1-18-7-4-12(17-18)13(16-15)14(5-2-3-6-14)19-8-10-20-11-9-19/h4,7,13,16H,2-3,5-6,8-11,15H2,1H3. The number of nitrogens with one attached hydrogen (secondary N) is 1. The van der Waals surface area contributed by atoms with Crippen LogP contribution in [0.1, 0.15) is 37.4 Å². The molecule has 3 N–H and O–H groups in total. The zero-order chi connectivity index (χ0) is 14.0. The van der Waals surface area contributed by atoms with E-state index in [1.54, 1.807) is 0 Å². The van der Waals surface area contributed by atoms with Crippen LogP contribution in [0, 0.1) is 0 Å². The molecule has 0 spiro atoms. The van der Waals surface area contributed by atoms with E-state index in [2.05, 4.69) is 21.5 Å². The Labute approximate surface area is 120 Å². The van der Waals surface area contributed by atoms with Gasteiger partial charge in [0, 0.05) is 31.9 Å². The maximum absolute atomic E-state index is 5.93. The second kappa shape index (κ2) is 5.81. The molecule has 1 atom stereocenters.